The van der Waals surface area contributed by atoms with Gasteiger partial charge in [-0.3, -0.25) is 0 Å². The molecule has 1 saturated carbocycles. The SMILES string of the molecule is CC(C)(C)[C@H]1OCC[C@]2(Cc3ccc(Cl)cc3)c3c(F)ccc(F)c3OC[C@H]12.CCCCC[C@H]1OCC[C@]2(Cc3ccc(Cl)cc3)c3c(F)ccc(F)c3OC[C@H]12.Fc1ccc(F)c2c1OC[C@@H]1[C@@H](C3CC3)OCC[C@]21Cc1ccc(Cl)cc1. The Morgan fingerprint density at radius 3 is 1.24 bits per heavy atom. The van der Waals surface area contributed by atoms with Crippen LogP contribution in [-0.4, -0.2) is 58.0 Å². The van der Waals surface area contributed by atoms with Crippen LogP contribution in [0.3, 0.4) is 0 Å². The van der Waals surface area contributed by atoms with Gasteiger partial charge in [-0.05, 0) is 159 Å². The van der Waals surface area contributed by atoms with Crippen molar-refractivity contribution in [2.75, 3.05) is 39.6 Å². The summed E-state index contributed by atoms with van der Waals surface area (Å²) in [7, 11) is 0. The lowest BCUT2D eigenvalue weighted by atomic mass is 9.58. The molecule has 6 aliphatic heterocycles. The maximum atomic E-state index is 15.2. The summed E-state index contributed by atoms with van der Waals surface area (Å²) in [6.07, 6.45) is 10.1. The van der Waals surface area contributed by atoms with Gasteiger partial charge in [0, 0.05) is 85.6 Å². The molecular formula is C69H73Cl3F6O6. The molecule has 9 atom stereocenters. The van der Waals surface area contributed by atoms with Gasteiger partial charge in [-0.1, -0.05) is 118 Å². The maximum Gasteiger partial charge on any atom is 0.165 e. The van der Waals surface area contributed by atoms with Crippen molar-refractivity contribution in [1.29, 1.82) is 0 Å². The van der Waals surface area contributed by atoms with E-state index in [0.29, 0.717) is 116 Å². The Bertz CT molecular complexity index is 3280. The van der Waals surface area contributed by atoms with Crippen molar-refractivity contribution in [1.82, 2.24) is 0 Å². The monoisotopic (exact) mass is 1220 g/mol. The fourth-order valence-corrected chi connectivity index (χ4v) is 15.5. The van der Waals surface area contributed by atoms with Crippen molar-refractivity contribution in [3.05, 3.63) is 193 Å². The fourth-order valence-electron chi connectivity index (χ4n) is 15.1. The third-order valence-electron chi connectivity index (χ3n) is 19.1. The van der Waals surface area contributed by atoms with Crippen LogP contribution in [0.4, 0.5) is 26.3 Å². The first kappa shape index (κ1) is 60.7. The standard InChI is InChI=1S/C24H27ClF2O2.C23H25ClF2O2.C22H21ClF2O2/c1-2-3-4-5-21-18-15-29-23-20(27)11-10-19(26)22(23)24(18,12-13-28-21)14-16-6-8-17(25)9-7-16;1-22(2,3)21-16-13-28-20-18(26)9-8-17(25)19(20)23(16,10-11-27-21)12-14-4-6-15(24)7-5-14;23-15-5-1-13(2-6-15)11-22-9-10-26-20(14-3-4-14)16(22)12-27-21-18(25)8-7-17(24)19(21)22/h6-11,18,21H,2-5,12-15H2,1H3;4-9,16,21H,10-13H2,1-3H3;1-2,5-8,14,16,20H,3-4,9-12H2/t18-,21-,24-;16-,21+,23-;16-,20-,22-/m111/s1. The molecule has 0 bridgehead atoms. The molecule has 6 nitrogen and oxygen atoms in total. The van der Waals surface area contributed by atoms with Crippen molar-refractivity contribution >= 4 is 34.8 Å². The Balaban J connectivity index is 0.000000132. The molecule has 0 N–H and O–H groups in total. The smallest absolute Gasteiger partial charge is 0.165 e. The van der Waals surface area contributed by atoms with Crippen molar-refractivity contribution in [2.45, 2.75) is 139 Å². The first-order valence-corrected chi connectivity index (χ1v) is 30.9. The van der Waals surface area contributed by atoms with E-state index < -0.39 is 45.3 Å². The third-order valence-corrected chi connectivity index (χ3v) is 19.9. The highest BCUT2D eigenvalue weighted by molar-refractivity contribution is 6.31. The van der Waals surface area contributed by atoms with Crippen LogP contribution >= 0.6 is 34.8 Å². The minimum atomic E-state index is -0.593. The van der Waals surface area contributed by atoms with Gasteiger partial charge in [-0.25, -0.2) is 26.3 Å². The molecule has 6 aromatic rings. The van der Waals surface area contributed by atoms with E-state index in [1.54, 1.807) is 0 Å². The molecular weight excluding hydrogens is 1150 g/mol. The zero-order chi connectivity index (χ0) is 59.1. The average molecular weight is 1220 g/mol. The van der Waals surface area contributed by atoms with Crippen LogP contribution in [0.5, 0.6) is 17.2 Å². The van der Waals surface area contributed by atoms with Crippen LogP contribution in [0.1, 0.15) is 119 Å². The van der Waals surface area contributed by atoms with Crippen LogP contribution in [-0.2, 0) is 49.7 Å². The van der Waals surface area contributed by atoms with E-state index in [2.05, 4.69) is 27.7 Å². The van der Waals surface area contributed by atoms with Crippen LogP contribution < -0.4 is 14.2 Å². The number of benzene rings is 6. The van der Waals surface area contributed by atoms with Gasteiger partial charge < -0.3 is 28.4 Å². The normalized spacial score (nSPS) is 27.4. The minimum absolute atomic E-state index is 0.0122. The molecule has 4 fully saturated rings. The third kappa shape index (κ3) is 12.0. The number of hydrogen-bond donors (Lipinski definition) is 0. The van der Waals surface area contributed by atoms with E-state index in [9.17, 15) is 13.2 Å². The first-order chi connectivity index (χ1) is 40.4. The van der Waals surface area contributed by atoms with E-state index in [0.717, 1.165) is 73.4 Å². The van der Waals surface area contributed by atoms with Crippen LogP contribution in [0.25, 0.3) is 0 Å². The molecule has 0 aromatic heterocycles. The summed E-state index contributed by atoms with van der Waals surface area (Å²) < 4.78 is 125. The first-order valence-electron chi connectivity index (χ1n) is 29.8. The molecule has 0 unspecified atom stereocenters. The molecule has 6 aromatic carbocycles. The number of fused-ring (bicyclic) bond motifs is 9. The number of halogens is 9. The number of ether oxygens (including phenoxy) is 6. The zero-order valence-corrected chi connectivity index (χ0v) is 50.3. The zero-order valence-electron chi connectivity index (χ0n) is 48.0. The summed E-state index contributed by atoms with van der Waals surface area (Å²) in [5.41, 5.74) is 2.47. The molecule has 6 heterocycles. The largest absolute Gasteiger partial charge is 0.490 e. The second kappa shape index (κ2) is 25.0. The summed E-state index contributed by atoms with van der Waals surface area (Å²) in [5, 5.41) is 1.99. The van der Waals surface area contributed by atoms with Crippen molar-refractivity contribution < 1.29 is 54.8 Å². The summed E-state index contributed by atoms with van der Waals surface area (Å²) in [4.78, 5) is 0. The lowest BCUT2D eigenvalue weighted by molar-refractivity contribution is -0.139. The van der Waals surface area contributed by atoms with Gasteiger partial charge >= 0.3 is 0 Å². The molecule has 15 heteroatoms. The highest BCUT2D eigenvalue weighted by Crippen LogP contribution is 2.58. The van der Waals surface area contributed by atoms with Gasteiger partial charge in [0.05, 0.1) is 38.1 Å². The van der Waals surface area contributed by atoms with Gasteiger partial charge in [0.1, 0.15) is 17.5 Å². The molecule has 13 rings (SSSR count). The second-order valence-corrected chi connectivity index (χ2v) is 26.6. The maximum absolute atomic E-state index is 15.2. The number of rotatable bonds is 11. The lowest BCUT2D eigenvalue weighted by Gasteiger charge is -2.54. The highest BCUT2D eigenvalue weighted by atomic mass is 35.5. The van der Waals surface area contributed by atoms with Crippen molar-refractivity contribution in [2.24, 2.45) is 29.1 Å². The molecule has 84 heavy (non-hydrogen) atoms. The van der Waals surface area contributed by atoms with Gasteiger partial charge in [-0.2, -0.15) is 0 Å². The Labute approximate surface area is 504 Å². The van der Waals surface area contributed by atoms with Crippen LogP contribution in [0.15, 0.2) is 109 Å². The van der Waals surface area contributed by atoms with Gasteiger partial charge in [0.15, 0.2) is 34.7 Å². The summed E-state index contributed by atoms with van der Waals surface area (Å²) >= 11 is 18.2. The summed E-state index contributed by atoms with van der Waals surface area (Å²) in [6.45, 7) is 11.1. The molecule has 448 valence electrons. The fraction of sp³-hybridized carbons (Fsp3) is 0.478. The number of hydrogen-bond acceptors (Lipinski definition) is 6. The van der Waals surface area contributed by atoms with Gasteiger partial charge in [0.25, 0.3) is 0 Å². The average Bonchev–Trinajstić information content (AvgIpc) is 3.06. The van der Waals surface area contributed by atoms with E-state index in [1.165, 1.54) is 18.2 Å². The lowest BCUT2D eigenvalue weighted by Crippen LogP contribution is -2.58. The van der Waals surface area contributed by atoms with Crippen molar-refractivity contribution in [3.63, 3.8) is 0 Å². The second-order valence-electron chi connectivity index (χ2n) is 25.3. The van der Waals surface area contributed by atoms with Crippen molar-refractivity contribution in [3.8, 4) is 17.2 Å². The quantitative estimate of drug-likeness (QED) is 0.0952. The van der Waals surface area contributed by atoms with Crippen LogP contribution in [0, 0.1) is 64.0 Å². The predicted octanol–water partition coefficient (Wildman–Crippen LogP) is 17.7. The Kier molecular flexibility index (Phi) is 18.1. The van der Waals surface area contributed by atoms with E-state index in [1.807, 2.05) is 72.8 Å². The van der Waals surface area contributed by atoms with E-state index in [4.69, 9.17) is 63.2 Å². The number of unbranched alkanes of at least 4 members (excludes halogenated alkanes) is 2. The van der Waals surface area contributed by atoms with E-state index in [-0.39, 0.29) is 64.5 Å². The minimum Gasteiger partial charge on any atom is -0.490 e. The predicted molar refractivity (Wildman–Crippen MR) is 316 cm³/mol. The molecule has 0 amide bonds. The Morgan fingerprint density at radius 1 is 0.452 bits per heavy atom. The molecule has 3 saturated heterocycles. The highest BCUT2D eigenvalue weighted by Gasteiger charge is 2.58. The van der Waals surface area contributed by atoms with Gasteiger partial charge in [0.2, 0.25) is 0 Å². The van der Waals surface area contributed by atoms with Crippen LogP contribution in [0.2, 0.25) is 15.1 Å². The molecule has 1 aliphatic carbocycles. The summed E-state index contributed by atoms with van der Waals surface area (Å²) in [5.74, 6) is -2.07. The molecule has 0 spiro atoms. The topological polar surface area (TPSA) is 55.4 Å². The Morgan fingerprint density at radius 2 is 0.821 bits per heavy atom. The Hall–Kier alpha value is -4.95. The summed E-state index contributed by atoms with van der Waals surface area (Å²) in [6, 6.07) is 30.0. The van der Waals surface area contributed by atoms with E-state index >= 15 is 13.2 Å². The molecule has 7 aliphatic rings. The van der Waals surface area contributed by atoms with Gasteiger partial charge in [-0.15, -0.1) is 0 Å². The molecule has 0 radical (unpaired) electrons.